The van der Waals surface area contributed by atoms with Crippen LogP contribution >= 0.6 is 0 Å². The number of hydrogen-bond donors (Lipinski definition) is 0. The van der Waals surface area contributed by atoms with Crippen LogP contribution in [0, 0.1) is 12.7 Å². The fourth-order valence-electron chi connectivity index (χ4n) is 1.93. The van der Waals surface area contributed by atoms with Crippen LogP contribution in [0.4, 0.5) is 4.39 Å². The van der Waals surface area contributed by atoms with Crippen molar-refractivity contribution in [3.8, 4) is 0 Å². The molecule has 0 spiro atoms. The van der Waals surface area contributed by atoms with Gasteiger partial charge in [-0.2, -0.15) is 0 Å². The van der Waals surface area contributed by atoms with Gasteiger partial charge in [-0.15, -0.1) is 0 Å². The van der Waals surface area contributed by atoms with Crippen molar-refractivity contribution in [2.75, 3.05) is 0 Å². The van der Waals surface area contributed by atoms with E-state index in [1.165, 1.54) is 17.2 Å². The second-order valence-corrected chi connectivity index (χ2v) is 4.54. The van der Waals surface area contributed by atoms with Crippen molar-refractivity contribution < 1.29 is 4.39 Å². The molecule has 2 aromatic rings. The second kappa shape index (κ2) is 5.63. The molecule has 0 aliphatic heterocycles. The molecule has 0 heterocycles. The summed E-state index contributed by atoms with van der Waals surface area (Å²) in [6.45, 7) is 5.70. The third kappa shape index (κ3) is 3.07. The first-order chi connectivity index (χ1) is 8.69. The van der Waals surface area contributed by atoms with Gasteiger partial charge in [-0.05, 0) is 42.5 Å². The summed E-state index contributed by atoms with van der Waals surface area (Å²) in [5, 5.41) is 0. The average Bonchev–Trinajstić information content (AvgIpc) is 2.39. The minimum Gasteiger partial charge on any atom is -0.207 e. The van der Waals surface area contributed by atoms with Crippen LogP contribution in [0.1, 0.15) is 22.3 Å². The van der Waals surface area contributed by atoms with Gasteiger partial charge in [0.2, 0.25) is 0 Å². The lowest BCUT2D eigenvalue weighted by Gasteiger charge is -2.05. The van der Waals surface area contributed by atoms with Crippen LogP contribution in [0.5, 0.6) is 0 Å². The third-order valence-electron chi connectivity index (χ3n) is 3.12. The molecule has 0 amide bonds. The van der Waals surface area contributed by atoms with Crippen molar-refractivity contribution in [2.45, 2.75) is 19.8 Å². The van der Waals surface area contributed by atoms with Crippen LogP contribution in [-0.2, 0) is 12.8 Å². The fourth-order valence-corrected chi connectivity index (χ4v) is 1.93. The predicted molar refractivity (Wildman–Crippen MR) is 75.1 cm³/mol. The summed E-state index contributed by atoms with van der Waals surface area (Å²) in [7, 11) is 0. The SMILES string of the molecule is C=Cc1ccc(CCc2ccc(C)cc2)c(F)c1. The number of halogens is 1. The van der Waals surface area contributed by atoms with Crippen LogP contribution in [0.15, 0.2) is 49.0 Å². The van der Waals surface area contributed by atoms with E-state index in [0.717, 1.165) is 24.0 Å². The average molecular weight is 240 g/mol. The summed E-state index contributed by atoms with van der Waals surface area (Å²) in [4.78, 5) is 0. The monoisotopic (exact) mass is 240 g/mol. The molecular weight excluding hydrogens is 223 g/mol. The molecule has 18 heavy (non-hydrogen) atoms. The summed E-state index contributed by atoms with van der Waals surface area (Å²) in [6, 6.07) is 13.7. The van der Waals surface area contributed by atoms with E-state index in [1.54, 1.807) is 6.08 Å². The molecule has 0 aromatic heterocycles. The van der Waals surface area contributed by atoms with Crippen molar-refractivity contribution in [1.82, 2.24) is 0 Å². The Labute approximate surface area is 108 Å². The van der Waals surface area contributed by atoms with Crippen molar-refractivity contribution in [3.05, 3.63) is 77.1 Å². The lowest BCUT2D eigenvalue weighted by atomic mass is 10.0. The Bertz CT molecular complexity index is 538. The Hall–Kier alpha value is -1.89. The van der Waals surface area contributed by atoms with Gasteiger partial charge in [0, 0.05) is 0 Å². The van der Waals surface area contributed by atoms with Crippen molar-refractivity contribution in [3.63, 3.8) is 0 Å². The van der Waals surface area contributed by atoms with Gasteiger partial charge < -0.3 is 0 Å². The lowest BCUT2D eigenvalue weighted by Crippen LogP contribution is -1.95. The highest BCUT2D eigenvalue weighted by Crippen LogP contribution is 2.14. The minimum atomic E-state index is -0.139. The van der Waals surface area contributed by atoms with Gasteiger partial charge in [0.15, 0.2) is 0 Å². The van der Waals surface area contributed by atoms with Gasteiger partial charge >= 0.3 is 0 Å². The molecule has 0 atom stereocenters. The van der Waals surface area contributed by atoms with Crippen molar-refractivity contribution in [1.29, 1.82) is 0 Å². The second-order valence-electron chi connectivity index (χ2n) is 4.54. The van der Waals surface area contributed by atoms with E-state index in [1.807, 2.05) is 12.1 Å². The molecule has 2 aromatic carbocycles. The zero-order valence-corrected chi connectivity index (χ0v) is 10.6. The Morgan fingerprint density at radius 1 is 1.06 bits per heavy atom. The molecule has 0 fully saturated rings. The molecule has 0 radical (unpaired) electrons. The van der Waals surface area contributed by atoms with E-state index < -0.39 is 0 Å². The highest BCUT2D eigenvalue weighted by molar-refractivity contribution is 5.47. The van der Waals surface area contributed by atoms with Gasteiger partial charge in [-0.3, -0.25) is 0 Å². The highest BCUT2D eigenvalue weighted by atomic mass is 19.1. The molecule has 0 nitrogen and oxygen atoms in total. The number of rotatable bonds is 4. The van der Waals surface area contributed by atoms with Crippen LogP contribution in [0.2, 0.25) is 0 Å². The smallest absolute Gasteiger partial charge is 0.127 e. The molecule has 0 unspecified atom stereocenters. The number of hydrogen-bond acceptors (Lipinski definition) is 0. The van der Waals surface area contributed by atoms with E-state index in [4.69, 9.17) is 0 Å². The first kappa shape index (κ1) is 12.6. The largest absolute Gasteiger partial charge is 0.207 e. The number of benzene rings is 2. The maximum atomic E-state index is 13.8. The molecule has 0 aliphatic rings. The van der Waals surface area contributed by atoms with Crippen molar-refractivity contribution in [2.24, 2.45) is 0 Å². The van der Waals surface area contributed by atoms with E-state index >= 15 is 0 Å². The molecule has 2 rings (SSSR count). The van der Waals surface area contributed by atoms with Gasteiger partial charge in [0.05, 0.1) is 0 Å². The van der Waals surface area contributed by atoms with E-state index in [9.17, 15) is 4.39 Å². The van der Waals surface area contributed by atoms with Gasteiger partial charge in [0.25, 0.3) is 0 Å². The third-order valence-corrected chi connectivity index (χ3v) is 3.12. The number of aryl methyl sites for hydroxylation is 3. The molecule has 1 heteroatoms. The van der Waals surface area contributed by atoms with Gasteiger partial charge in [-0.1, -0.05) is 54.6 Å². The molecule has 0 saturated heterocycles. The topological polar surface area (TPSA) is 0 Å². The van der Waals surface area contributed by atoms with Crippen LogP contribution in [-0.4, -0.2) is 0 Å². The summed E-state index contributed by atoms with van der Waals surface area (Å²) < 4.78 is 13.8. The first-order valence-corrected chi connectivity index (χ1v) is 6.15. The molecular formula is C17H17F. The zero-order valence-electron chi connectivity index (χ0n) is 10.6. The summed E-state index contributed by atoms with van der Waals surface area (Å²) >= 11 is 0. The van der Waals surface area contributed by atoms with Gasteiger partial charge in [-0.25, -0.2) is 4.39 Å². The maximum absolute atomic E-state index is 13.8. The minimum absolute atomic E-state index is 0.139. The Balaban J connectivity index is 2.06. The Kier molecular flexibility index (Phi) is 3.93. The Morgan fingerprint density at radius 2 is 1.78 bits per heavy atom. The summed E-state index contributed by atoms with van der Waals surface area (Å²) in [6.07, 6.45) is 3.25. The molecule has 0 N–H and O–H groups in total. The quantitative estimate of drug-likeness (QED) is 0.734. The zero-order chi connectivity index (χ0) is 13.0. The normalized spacial score (nSPS) is 10.3. The highest BCUT2D eigenvalue weighted by Gasteiger charge is 2.03. The maximum Gasteiger partial charge on any atom is 0.127 e. The molecule has 0 aliphatic carbocycles. The van der Waals surface area contributed by atoms with E-state index in [0.29, 0.717) is 0 Å². The van der Waals surface area contributed by atoms with Crippen LogP contribution in [0.3, 0.4) is 0 Å². The standard InChI is InChI=1S/C17H17F/c1-3-14-8-10-16(17(18)12-14)11-9-15-6-4-13(2)5-7-15/h3-8,10,12H,1,9,11H2,2H3. The lowest BCUT2D eigenvalue weighted by molar-refractivity contribution is 0.608. The molecule has 0 bridgehead atoms. The predicted octanol–water partition coefficient (Wildman–Crippen LogP) is 4.56. The van der Waals surface area contributed by atoms with E-state index in [2.05, 4.69) is 37.8 Å². The van der Waals surface area contributed by atoms with Crippen LogP contribution < -0.4 is 0 Å². The first-order valence-electron chi connectivity index (χ1n) is 6.15. The van der Waals surface area contributed by atoms with Crippen LogP contribution in [0.25, 0.3) is 6.08 Å². The fraction of sp³-hybridized carbons (Fsp3) is 0.176. The Morgan fingerprint density at radius 3 is 2.39 bits per heavy atom. The molecule has 0 saturated carbocycles. The van der Waals surface area contributed by atoms with Gasteiger partial charge in [0.1, 0.15) is 5.82 Å². The summed E-state index contributed by atoms with van der Waals surface area (Å²) in [5.74, 6) is -0.139. The summed E-state index contributed by atoms with van der Waals surface area (Å²) in [5.41, 5.74) is 4.08. The van der Waals surface area contributed by atoms with Crippen molar-refractivity contribution >= 4 is 6.08 Å². The van der Waals surface area contributed by atoms with E-state index in [-0.39, 0.29) is 5.82 Å². The molecule has 92 valence electrons.